The number of carbonyl (C=O) groups excluding carboxylic acids is 3. The van der Waals surface area contributed by atoms with E-state index in [0.29, 0.717) is 28.4 Å². The van der Waals surface area contributed by atoms with E-state index < -0.39 is 35.6 Å². The molecule has 0 spiro atoms. The van der Waals surface area contributed by atoms with E-state index in [0.717, 1.165) is 11.1 Å². The number of benzene rings is 2. The summed E-state index contributed by atoms with van der Waals surface area (Å²) < 4.78 is 5.41. The molecule has 0 bridgehead atoms. The molecule has 0 aliphatic heterocycles. The van der Waals surface area contributed by atoms with Gasteiger partial charge in [0, 0.05) is 6.54 Å². The maximum atomic E-state index is 14.0. The summed E-state index contributed by atoms with van der Waals surface area (Å²) >= 11 is 7.96. The number of aryl methyl sites for hydroxylation is 2. The standard InChI is InChI=1S/C29H38ClN3O4S/c1-8-17-33(27(35)23(16-18-38-7)31-28(36)37-29(4,5)6)25(21-14-10-9-12-19(21)2)26(34)32-24-20(3)13-11-15-22(24)30/h8-15,23,25H,1,16-18H2,2-7H3,(H,31,36)(H,32,34). The number of alkyl carbamates (subject to hydrolysis) is 1. The van der Waals surface area contributed by atoms with Crippen LogP contribution < -0.4 is 10.6 Å². The average Bonchev–Trinajstić information content (AvgIpc) is 2.83. The fraction of sp³-hybridized carbons (Fsp3) is 0.414. The summed E-state index contributed by atoms with van der Waals surface area (Å²) in [6, 6.07) is 10.8. The van der Waals surface area contributed by atoms with Crippen LogP contribution in [0.4, 0.5) is 10.5 Å². The highest BCUT2D eigenvalue weighted by atomic mass is 35.5. The van der Waals surface area contributed by atoms with E-state index in [9.17, 15) is 14.4 Å². The molecule has 3 amide bonds. The van der Waals surface area contributed by atoms with Crippen molar-refractivity contribution in [2.75, 3.05) is 23.9 Å². The number of rotatable bonds is 11. The van der Waals surface area contributed by atoms with Crippen molar-refractivity contribution in [2.45, 2.75) is 58.7 Å². The van der Waals surface area contributed by atoms with Crippen molar-refractivity contribution < 1.29 is 19.1 Å². The minimum atomic E-state index is -1.01. The van der Waals surface area contributed by atoms with Crippen molar-refractivity contribution in [3.63, 3.8) is 0 Å². The van der Waals surface area contributed by atoms with Crippen LogP contribution in [0.15, 0.2) is 55.1 Å². The summed E-state index contributed by atoms with van der Waals surface area (Å²) in [5.74, 6) is -0.218. The van der Waals surface area contributed by atoms with Crippen LogP contribution in [0.2, 0.25) is 5.02 Å². The molecule has 2 atom stereocenters. The zero-order valence-corrected chi connectivity index (χ0v) is 24.5. The van der Waals surface area contributed by atoms with Gasteiger partial charge in [0.1, 0.15) is 17.7 Å². The van der Waals surface area contributed by atoms with Gasteiger partial charge in [-0.2, -0.15) is 11.8 Å². The van der Waals surface area contributed by atoms with Gasteiger partial charge in [-0.1, -0.05) is 54.1 Å². The number of carbonyl (C=O) groups is 3. The molecule has 7 nitrogen and oxygen atoms in total. The lowest BCUT2D eigenvalue weighted by Gasteiger charge is -2.34. The molecule has 0 saturated heterocycles. The molecule has 0 aliphatic rings. The van der Waals surface area contributed by atoms with E-state index in [1.165, 1.54) is 4.90 Å². The zero-order chi connectivity index (χ0) is 28.5. The van der Waals surface area contributed by atoms with E-state index in [1.54, 1.807) is 50.7 Å². The van der Waals surface area contributed by atoms with E-state index in [4.69, 9.17) is 16.3 Å². The van der Waals surface area contributed by atoms with E-state index >= 15 is 0 Å². The van der Waals surface area contributed by atoms with E-state index in [-0.39, 0.29) is 6.54 Å². The molecule has 2 unspecified atom stereocenters. The quantitative estimate of drug-likeness (QED) is 0.316. The highest BCUT2D eigenvalue weighted by Crippen LogP contribution is 2.30. The smallest absolute Gasteiger partial charge is 0.408 e. The Labute approximate surface area is 235 Å². The number of para-hydroxylation sites is 1. The summed E-state index contributed by atoms with van der Waals surface area (Å²) in [5.41, 5.74) is 2.04. The van der Waals surface area contributed by atoms with Crippen molar-refractivity contribution >= 4 is 47.0 Å². The third-order valence-corrected chi connectivity index (χ3v) is 6.68. The fourth-order valence-corrected chi connectivity index (χ4v) is 4.67. The van der Waals surface area contributed by atoms with Gasteiger partial charge in [-0.3, -0.25) is 9.59 Å². The maximum absolute atomic E-state index is 14.0. The summed E-state index contributed by atoms with van der Waals surface area (Å²) in [6.45, 7) is 12.9. The minimum Gasteiger partial charge on any atom is -0.444 e. The third kappa shape index (κ3) is 8.81. The summed E-state index contributed by atoms with van der Waals surface area (Å²) in [4.78, 5) is 42.1. The van der Waals surface area contributed by atoms with Crippen molar-refractivity contribution in [2.24, 2.45) is 0 Å². The van der Waals surface area contributed by atoms with Crippen LogP contribution in [0, 0.1) is 13.8 Å². The predicted molar refractivity (Wildman–Crippen MR) is 157 cm³/mol. The number of hydrogen-bond acceptors (Lipinski definition) is 5. The molecule has 0 aromatic heterocycles. The number of halogens is 1. The number of amides is 3. The predicted octanol–water partition coefficient (Wildman–Crippen LogP) is 6.30. The largest absolute Gasteiger partial charge is 0.444 e. The Morgan fingerprint density at radius 2 is 1.76 bits per heavy atom. The van der Waals surface area contributed by atoms with Crippen LogP contribution in [0.25, 0.3) is 0 Å². The Hall–Kier alpha value is -2.97. The summed E-state index contributed by atoms with van der Waals surface area (Å²) in [5, 5.41) is 6.06. The normalized spacial score (nSPS) is 12.7. The number of thioether (sulfide) groups is 1. The molecule has 0 heterocycles. The topological polar surface area (TPSA) is 87.7 Å². The lowest BCUT2D eigenvalue weighted by Crippen LogP contribution is -2.52. The van der Waals surface area contributed by atoms with E-state index in [2.05, 4.69) is 17.2 Å². The number of nitrogens with one attached hydrogen (secondary N) is 2. The molecular formula is C29H38ClN3O4S. The van der Waals surface area contributed by atoms with Gasteiger partial charge in [0.15, 0.2) is 0 Å². The highest BCUT2D eigenvalue weighted by Gasteiger charge is 2.36. The zero-order valence-electron chi connectivity index (χ0n) is 23.0. The molecule has 38 heavy (non-hydrogen) atoms. The van der Waals surface area contributed by atoms with Crippen molar-refractivity contribution in [1.82, 2.24) is 10.2 Å². The Balaban J connectivity index is 2.54. The van der Waals surface area contributed by atoms with Crippen molar-refractivity contribution in [3.8, 4) is 0 Å². The molecule has 2 N–H and O–H groups in total. The number of ether oxygens (including phenoxy) is 1. The Morgan fingerprint density at radius 3 is 2.34 bits per heavy atom. The van der Waals surface area contributed by atoms with Crippen LogP contribution in [0.1, 0.15) is 49.9 Å². The molecule has 206 valence electrons. The number of anilines is 1. The van der Waals surface area contributed by atoms with Gasteiger partial charge in [-0.05, 0) is 75.8 Å². The van der Waals surface area contributed by atoms with Crippen LogP contribution in [-0.4, -0.2) is 53.0 Å². The van der Waals surface area contributed by atoms with Gasteiger partial charge in [0.05, 0.1) is 10.7 Å². The first kappa shape index (κ1) is 31.2. The summed E-state index contributed by atoms with van der Waals surface area (Å²) in [6.07, 6.45) is 3.15. The molecule has 9 heteroatoms. The number of hydrogen-bond donors (Lipinski definition) is 2. The van der Waals surface area contributed by atoms with Gasteiger partial charge in [-0.25, -0.2) is 4.79 Å². The molecule has 0 radical (unpaired) electrons. The first-order valence-corrected chi connectivity index (χ1v) is 14.2. The monoisotopic (exact) mass is 559 g/mol. The average molecular weight is 560 g/mol. The molecular weight excluding hydrogens is 522 g/mol. The second-order valence-electron chi connectivity index (χ2n) is 9.94. The first-order valence-electron chi connectivity index (χ1n) is 12.4. The van der Waals surface area contributed by atoms with Crippen LogP contribution in [0.5, 0.6) is 0 Å². The Morgan fingerprint density at radius 1 is 1.11 bits per heavy atom. The third-order valence-electron chi connectivity index (χ3n) is 5.72. The molecule has 0 saturated carbocycles. The van der Waals surface area contributed by atoms with Crippen LogP contribution in [-0.2, 0) is 14.3 Å². The fourth-order valence-electron chi connectivity index (χ4n) is 3.93. The second-order valence-corrected chi connectivity index (χ2v) is 11.3. The second kappa shape index (κ2) is 14.3. The first-order chi connectivity index (χ1) is 17.9. The Kier molecular flexibility index (Phi) is 11.7. The molecule has 2 aromatic rings. The van der Waals surface area contributed by atoms with Gasteiger partial charge in [-0.15, -0.1) is 6.58 Å². The minimum absolute atomic E-state index is 0.0819. The van der Waals surface area contributed by atoms with Gasteiger partial charge in [0.2, 0.25) is 5.91 Å². The Bertz CT molecular complexity index is 1130. The highest BCUT2D eigenvalue weighted by molar-refractivity contribution is 7.98. The number of nitrogens with zero attached hydrogens (tertiary/aromatic N) is 1. The van der Waals surface area contributed by atoms with Crippen LogP contribution in [0.3, 0.4) is 0 Å². The molecule has 0 fully saturated rings. The summed E-state index contributed by atoms with van der Waals surface area (Å²) in [7, 11) is 0. The molecule has 2 rings (SSSR count). The molecule has 0 aliphatic carbocycles. The van der Waals surface area contributed by atoms with Crippen LogP contribution >= 0.6 is 23.4 Å². The van der Waals surface area contributed by atoms with Gasteiger partial charge >= 0.3 is 6.09 Å². The SMILES string of the molecule is C=CCN(C(=O)C(CCSC)NC(=O)OC(C)(C)C)C(C(=O)Nc1c(C)cccc1Cl)c1ccccc1C. The van der Waals surface area contributed by atoms with Gasteiger partial charge in [0.25, 0.3) is 5.91 Å². The maximum Gasteiger partial charge on any atom is 0.408 e. The lowest BCUT2D eigenvalue weighted by molar-refractivity contribution is -0.140. The van der Waals surface area contributed by atoms with Crippen molar-refractivity contribution in [1.29, 1.82) is 0 Å². The molecule has 2 aromatic carbocycles. The lowest BCUT2D eigenvalue weighted by atomic mass is 9.97. The van der Waals surface area contributed by atoms with Crippen molar-refractivity contribution in [3.05, 3.63) is 76.8 Å². The van der Waals surface area contributed by atoms with E-state index in [1.807, 2.05) is 50.4 Å². The van der Waals surface area contributed by atoms with Gasteiger partial charge < -0.3 is 20.3 Å².